The molecular formula is C31H42N4O8. The van der Waals surface area contributed by atoms with Crippen LogP contribution in [0.25, 0.3) is 0 Å². The summed E-state index contributed by atoms with van der Waals surface area (Å²) in [6, 6.07) is 14.0. The fourth-order valence-electron chi connectivity index (χ4n) is 3.82. The molecule has 0 radical (unpaired) electrons. The van der Waals surface area contributed by atoms with Crippen molar-refractivity contribution in [3.8, 4) is 0 Å². The van der Waals surface area contributed by atoms with Gasteiger partial charge >= 0.3 is 18.2 Å². The second kappa shape index (κ2) is 15.6. The van der Waals surface area contributed by atoms with Crippen molar-refractivity contribution in [3.63, 3.8) is 0 Å². The van der Waals surface area contributed by atoms with Crippen LogP contribution in [0.2, 0.25) is 0 Å². The Morgan fingerprint density at radius 3 is 1.40 bits per heavy atom. The summed E-state index contributed by atoms with van der Waals surface area (Å²) in [6.07, 6.45) is -1.50. The molecule has 0 aromatic heterocycles. The number of carboxylic acid groups (broad SMARTS) is 1. The Morgan fingerprint density at radius 2 is 1.02 bits per heavy atom. The van der Waals surface area contributed by atoms with E-state index in [0.717, 1.165) is 11.1 Å². The van der Waals surface area contributed by atoms with Crippen molar-refractivity contribution in [2.75, 3.05) is 6.54 Å². The van der Waals surface area contributed by atoms with Gasteiger partial charge in [0.1, 0.15) is 29.3 Å². The van der Waals surface area contributed by atoms with E-state index in [0.29, 0.717) is 0 Å². The highest BCUT2D eigenvalue weighted by molar-refractivity contribution is 5.90. The average Bonchev–Trinajstić information content (AvgIpc) is 2.89. The molecule has 43 heavy (non-hydrogen) atoms. The first kappa shape index (κ1) is 34.6. The summed E-state index contributed by atoms with van der Waals surface area (Å²) in [6.45, 7) is 9.57. The Labute approximate surface area is 251 Å². The molecule has 2 aromatic rings. The van der Waals surface area contributed by atoms with Gasteiger partial charge in [-0.25, -0.2) is 14.4 Å². The van der Waals surface area contributed by atoms with Gasteiger partial charge in [0.25, 0.3) is 0 Å². The maximum Gasteiger partial charge on any atom is 0.408 e. The average molecular weight is 599 g/mol. The Kier molecular flexibility index (Phi) is 12.5. The third kappa shape index (κ3) is 13.7. The summed E-state index contributed by atoms with van der Waals surface area (Å²) >= 11 is 0. The minimum atomic E-state index is -1.55. The molecule has 234 valence electrons. The van der Waals surface area contributed by atoms with Crippen LogP contribution in [-0.4, -0.2) is 70.9 Å². The van der Waals surface area contributed by atoms with Gasteiger partial charge in [-0.05, 0) is 52.7 Å². The van der Waals surface area contributed by atoms with E-state index in [1.165, 1.54) is 0 Å². The molecule has 0 heterocycles. The molecule has 0 saturated carbocycles. The van der Waals surface area contributed by atoms with Crippen molar-refractivity contribution in [1.29, 1.82) is 0 Å². The second-order valence-electron chi connectivity index (χ2n) is 11.9. The number of nitrogens with one attached hydrogen (secondary N) is 4. The summed E-state index contributed by atoms with van der Waals surface area (Å²) in [5.41, 5.74) is -0.162. The number of hydrogen-bond acceptors (Lipinski definition) is 7. The first-order valence-electron chi connectivity index (χ1n) is 13.9. The molecule has 0 bridgehead atoms. The molecule has 12 heteroatoms. The summed E-state index contributed by atoms with van der Waals surface area (Å²) in [5, 5.41) is 19.7. The summed E-state index contributed by atoms with van der Waals surface area (Å²) in [4.78, 5) is 63.4. The van der Waals surface area contributed by atoms with E-state index in [9.17, 15) is 29.1 Å². The molecular weight excluding hydrogens is 556 g/mol. The molecule has 2 rings (SSSR count). The largest absolute Gasteiger partial charge is 0.480 e. The van der Waals surface area contributed by atoms with Crippen molar-refractivity contribution in [3.05, 3.63) is 71.8 Å². The predicted molar refractivity (Wildman–Crippen MR) is 159 cm³/mol. The molecule has 0 aliphatic heterocycles. The van der Waals surface area contributed by atoms with Gasteiger partial charge in [-0.15, -0.1) is 0 Å². The minimum Gasteiger partial charge on any atom is -0.480 e. The lowest BCUT2D eigenvalue weighted by molar-refractivity contribution is -0.142. The Hall–Kier alpha value is -4.61. The summed E-state index contributed by atoms with van der Waals surface area (Å²) in [7, 11) is 0. The van der Waals surface area contributed by atoms with Gasteiger partial charge in [-0.3, -0.25) is 9.59 Å². The maximum absolute atomic E-state index is 13.2. The van der Waals surface area contributed by atoms with E-state index >= 15 is 0 Å². The maximum atomic E-state index is 13.2. The van der Waals surface area contributed by atoms with Gasteiger partial charge < -0.3 is 35.8 Å². The molecule has 3 atom stereocenters. The molecule has 0 aliphatic rings. The number of ether oxygens (including phenoxy) is 2. The molecule has 5 N–H and O–H groups in total. The van der Waals surface area contributed by atoms with Crippen LogP contribution in [0.15, 0.2) is 60.7 Å². The minimum absolute atomic E-state index is 0.0591. The number of carboxylic acids is 1. The highest BCUT2D eigenvalue weighted by atomic mass is 16.6. The van der Waals surface area contributed by atoms with Gasteiger partial charge in [0.15, 0.2) is 0 Å². The smallest absolute Gasteiger partial charge is 0.408 e. The van der Waals surface area contributed by atoms with Crippen molar-refractivity contribution in [1.82, 2.24) is 21.3 Å². The van der Waals surface area contributed by atoms with Crippen LogP contribution in [0, 0.1) is 0 Å². The van der Waals surface area contributed by atoms with Gasteiger partial charge in [0, 0.05) is 19.4 Å². The van der Waals surface area contributed by atoms with E-state index in [1.807, 2.05) is 6.07 Å². The van der Waals surface area contributed by atoms with Crippen molar-refractivity contribution < 1.29 is 38.6 Å². The van der Waals surface area contributed by atoms with Gasteiger partial charge in [-0.2, -0.15) is 0 Å². The zero-order valence-electron chi connectivity index (χ0n) is 25.4. The number of rotatable bonds is 12. The SMILES string of the molecule is CC(C)(C)OC(=O)N[C@@H](Cc1ccccc1)C(=O)NC[C@H](NC(=O)[C@H](Cc1ccccc1)NC(=O)OC(C)(C)C)C(=O)O. The van der Waals surface area contributed by atoms with E-state index < -0.39 is 65.8 Å². The Balaban J connectivity index is 2.15. The molecule has 2 aromatic carbocycles. The fraction of sp³-hybridized carbons (Fsp3) is 0.452. The zero-order chi connectivity index (χ0) is 32.2. The third-order valence-electron chi connectivity index (χ3n) is 5.68. The van der Waals surface area contributed by atoms with Crippen molar-refractivity contribution in [2.24, 2.45) is 0 Å². The van der Waals surface area contributed by atoms with Gasteiger partial charge in [0.05, 0.1) is 0 Å². The van der Waals surface area contributed by atoms with E-state index in [1.54, 1.807) is 96.1 Å². The highest BCUT2D eigenvalue weighted by Crippen LogP contribution is 2.10. The number of alkyl carbamates (subject to hydrolysis) is 2. The molecule has 0 unspecified atom stereocenters. The van der Waals surface area contributed by atoms with Crippen LogP contribution in [-0.2, 0) is 36.7 Å². The van der Waals surface area contributed by atoms with Crippen molar-refractivity contribution in [2.45, 2.75) is 83.7 Å². The number of benzene rings is 2. The Morgan fingerprint density at radius 1 is 0.628 bits per heavy atom. The molecule has 0 aliphatic carbocycles. The molecule has 0 spiro atoms. The van der Waals surface area contributed by atoms with E-state index in [2.05, 4.69) is 21.3 Å². The third-order valence-corrected chi connectivity index (χ3v) is 5.68. The first-order valence-corrected chi connectivity index (χ1v) is 13.9. The first-order chi connectivity index (χ1) is 20.0. The summed E-state index contributed by atoms with van der Waals surface area (Å²) < 4.78 is 10.6. The highest BCUT2D eigenvalue weighted by Gasteiger charge is 2.30. The molecule has 0 saturated heterocycles. The second-order valence-corrected chi connectivity index (χ2v) is 11.9. The van der Waals surface area contributed by atoms with Crippen LogP contribution in [0.1, 0.15) is 52.7 Å². The lowest BCUT2D eigenvalue weighted by atomic mass is 10.0. The predicted octanol–water partition coefficient (Wildman–Crippen LogP) is 2.94. The fourth-order valence-corrected chi connectivity index (χ4v) is 3.82. The topological polar surface area (TPSA) is 172 Å². The quantitative estimate of drug-likeness (QED) is 0.248. The number of carbonyl (C=O) groups is 5. The van der Waals surface area contributed by atoms with E-state index in [-0.39, 0.29) is 12.8 Å². The Bertz CT molecular complexity index is 1240. The van der Waals surface area contributed by atoms with Crippen molar-refractivity contribution >= 4 is 30.0 Å². The normalized spacial score (nSPS) is 13.4. The standard InChI is InChI=1S/C31H42N4O8/c1-30(2,3)42-28(40)34-22(17-20-13-9-7-10-14-20)25(36)32-19-24(27(38)39)33-26(37)23(18-21-15-11-8-12-16-21)35-29(41)43-31(4,5)6/h7-16,22-24H,17-19H2,1-6H3,(H,32,36)(H,33,37)(H,34,40)(H,35,41)(H,38,39)/t22-,23-,24-/m0/s1. The van der Waals surface area contributed by atoms with E-state index in [4.69, 9.17) is 9.47 Å². The van der Waals surface area contributed by atoms with Gasteiger partial charge in [-0.1, -0.05) is 60.7 Å². The monoisotopic (exact) mass is 598 g/mol. The molecule has 12 nitrogen and oxygen atoms in total. The van der Waals surface area contributed by atoms with Gasteiger partial charge in [0.2, 0.25) is 11.8 Å². The lowest BCUT2D eigenvalue weighted by Gasteiger charge is -2.25. The number of hydrogen-bond donors (Lipinski definition) is 5. The van der Waals surface area contributed by atoms with Crippen LogP contribution >= 0.6 is 0 Å². The number of carbonyl (C=O) groups excluding carboxylic acids is 4. The van der Waals surface area contributed by atoms with Crippen LogP contribution in [0.4, 0.5) is 9.59 Å². The van der Waals surface area contributed by atoms with Crippen LogP contribution in [0.3, 0.4) is 0 Å². The number of amides is 4. The summed E-state index contributed by atoms with van der Waals surface area (Å²) in [5.74, 6) is -2.88. The molecule has 0 fully saturated rings. The zero-order valence-corrected chi connectivity index (χ0v) is 25.4. The van der Waals surface area contributed by atoms with Crippen LogP contribution < -0.4 is 21.3 Å². The lowest BCUT2D eigenvalue weighted by Crippen LogP contribution is -2.57. The number of aliphatic carboxylic acids is 1. The molecule has 4 amide bonds. The van der Waals surface area contributed by atoms with Crippen LogP contribution in [0.5, 0.6) is 0 Å².